The van der Waals surface area contributed by atoms with Crippen LogP contribution in [0.1, 0.15) is 98.3 Å². The molecule has 1 heterocycles. The van der Waals surface area contributed by atoms with Crippen LogP contribution >= 0.6 is 0 Å². The molecule has 0 aromatic carbocycles. The molecule has 0 aromatic rings. The molecular weight excluding hydrogens is 340 g/mol. The summed E-state index contributed by atoms with van der Waals surface area (Å²) in [6.45, 7) is 9.65. The van der Waals surface area contributed by atoms with Crippen molar-refractivity contribution in [2.24, 2.45) is 5.92 Å². The summed E-state index contributed by atoms with van der Waals surface area (Å²) in [7, 11) is 0. The maximum atomic E-state index is 12.3. The van der Waals surface area contributed by atoms with E-state index in [2.05, 4.69) is 12.2 Å². The van der Waals surface area contributed by atoms with Crippen molar-refractivity contribution in [3.8, 4) is 0 Å². The highest BCUT2D eigenvalue weighted by Gasteiger charge is 2.33. The molecule has 1 fully saturated rings. The maximum absolute atomic E-state index is 12.3. The van der Waals surface area contributed by atoms with Crippen LogP contribution in [-0.2, 0) is 9.53 Å². The third kappa shape index (κ3) is 11.2. The summed E-state index contributed by atoms with van der Waals surface area (Å²) < 4.78 is 5.38. The maximum Gasteiger partial charge on any atom is 0.410 e. The van der Waals surface area contributed by atoms with E-state index in [-0.39, 0.29) is 17.9 Å². The Balaban J connectivity index is 2.02. The van der Waals surface area contributed by atoms with Crippen LogP contribution in [0.4, 0.5) is 4.79 Å². The number of carbonyl (C=O) groups excluding carboxylic acids is 2. The van der Waals surface area contributed by atoms with Crippen LogP contribution in [-0.4, -0.2) is 42.1 Å². The molecule has 1 aliphatic heterocycles. The van der Waals surface area contributed by atoms with Crippen molar-refractivity contribution in [1.29, 1.82) is 0 Å². The van der Waals surface area contributed by atoms with Crippen LogP contribution in [0.3, 0.4) is 0 Å². The summed E-state index contributed by atoms with van der Waals surface area (Å²) in [6.07, 6.45) is 13.4. The van der Waals surface area contributed by atoms with Gasteiger partial charge in [0.2, 0.25) is 5.91 Å². The average molecular weight is 383 g/mol. The zero-order valence-corrected chi connectivity index (χ0v) is 18.1. The minimum Gasteiger partial charge on any atom is -0.444 e. The molecule has 1 atom stereocenters. The highest BCUT2D eigenvalue weighted by Crippen LogP contribution is 2.19. The molecule has 1 aliphatic rings. The van der Waals surface area contributed by atoms with Crippen LogP contribution in [0.5, 0.6) is 0 Å². The number of hydrogen-bond donors (Lipinski definition) is 1. The molecule has 0 saturated carbocycles. The summed E-state index contributed by atoms with van der Waals surface area (Å²) in [4.78, 5) is 26.0. The summed E-state index contributed by atoms with van der Waals surface area (Å²) in [5.74, 6) is -0.0161. The number of rotatable bonds is 12. The molecule has 0 aromatic heterocycles. The molecule has 27 heavy (non-hydrogen) atoms. The summed E-state index contributed by atoms with van der Waals surface area (Å²) >= 11 is 0. The van der Waals surface area contributed by atoms with Crippen LogP contribution in [0.25, 0.3) is 0 Å². The monoisotopic (exact) mass is 382 g/mol. The van der Waals surface area contributed by atoms with Crippen molar-refractivity contribution >= 4 is 12.0 Å². The third-order valence-corrected chi connectivity index (χ3v) is 5.04. The summed E-state index contributed by atoms with van der Waals surface area (Å²) in [5, 5.41) is 3.04. The van der Waals surface area contributed by atoms with E-state index in [1.807, 2.05) is 20.8 Å². The average Bonchev–Trinajstić information content (AvgIpc) is 3.08. The van der Waals surface area contributed by atoms with E-state index < -0.39 is 5.60 Å². The zero-order valence-electron chi connectivity index (χ0n) is 18.1. The Morgan fingerprint density at radius 3 is 2.07 bits per heavy atom. The second-order valence-corrected chi connectivity index (χ2v) is 8.88. The lowest BCUT2D eigenvalue weighted by atomic mass is 10.1. The molecular formula is C22H42N2O3. The summed E-state index contributed by atoms with van der Waals surface area (Å²) in [6, 6.07) is 0. The smallest absolute Gasteiger partial charge is 0.410 e. The first-order valence-electron chi connectivity index (χ1n) is 11.1. The second kappa shape index (κ2) is 13.0. The lowest BCUT2D eigenvalue weighted by molar-refractivity contribution is -0.124. The fraction of sp³-hybridized carbons (Fsp3) is 0.909. The Labute approximate surface area is 166 Å². The number of carbonyl (C=O) groups is 2. The highest BCUT2D eigenvalue weighted by atomic mass is 16.6. The van der Waals surface area contributed by atoms with Gasteiger partial charge in [0.05, 0.1) is 5.92 Å². The van der Waals surface area contributed by atoms with Crippen LogP contribution in [0, 0.1) is 5.92 Å². The van der Waals surface area contributed by atoms with Gasteiger partial charge in [0.1, 0.15) is 5.60 Å². The van der Waals surface area contributed by atoms with E-state index in [9.17, 15) is 9.59 Å². The zero-order chi connectivity index (χ0) is 20.1. The highest BCUT2D eigenvalue weighted by molar-refractivity contribution is 5.80. The number of ether oxygens (including phenoxy) is 1. The normalized spacial score (nSPS) is 17.2. The number of nitrogens with zero attached hydrogens (tertiary/aromatic N) is 1. The van der Waals surface area contributed by atoms with Gasteiger partial charge in [-0.1, -0.05) is 64.7 Å². The van der Waals surface area contributed by atoms with Crippen molar-refractivity contribution in [1.82, 2.24) is 10.2 Å². The lowest BCUT2D eigenvalue weighted by Crippen LogP contribution is -2.37. The lowest BCUT2D eigenvalue weighted by Gasteiger charge is -2.24. The third-order valence-electron chi connectivity index (χ3n) is 5.04. The molecule has 1 rings (SSSR count). The SMILES string of the molecule is CCCCCCCCCCCCNC(=O)C1CCN(C(=O)OC(C)(C)C)C1. The largest absolute Gasteiger partial charge is 0.444 e. The minimum absolute atomic E-state index is 0.0805. The number of unbranched alkanes of at least 4 members (excludes halogenated alkanes) is 9. The number of nitrogens with one attached hydrogen (secondary N) is 1. The van der Waals surface area contributed by atoms with Gasteiger partial charge in [-0.3, -0.25) is 4.79 Å². The van der Waals surface area contributed by atoms with Crippen molar-refractivity contribution in [3.63, 3.8) is 0 Å². The Morgan fingerprint density at radius 1 is 0.963 bits per heavy atom. The van der Waals surface area contributed by atoms with E-state index >= 15 is 0 Å². The molecule has 1 N–H and O–H groups in total. The first-order chi connectivity index (χ1) is 12.8. The Morgan fingerprint density at radius 2 is 1.52 bits per heavy atom. The summed E-state index contributed by atoms with van der Waals surface area (Å²) in [5.41, 5.74) is -0.493. The molecule has 5 nitrogen and oxygen atoms in total. The minimum atomic E-state index is -0.493. The molecule has 1 unspecified atom stereocenters. The molecule has 0 bridgehead atoms. The molecule has 1 saturated heterocycles. The Kier molecular flexibility index (Phi) is 11.5. The molecule has 5 heteroatoms. The standard InChI is InChI=1S/C22H42N2O3/c1-5-6-7-8-9-10-11-12-13-14-16-23-20(25)19-15-17-24(18-19)21(26)27-22(2,3)4/h19H,5-18H2,1-4H3,(H,23,25). The van der Waals surface area contributed by atoms with Crippen LogP contribution < -0.4 is 5.32 Å². The number of hydrogen-bond acceptors (Lipinski definition) is 3. The van der Waals surface area contributed by atoms with Gasteiger partial charge in [0.25, 0.3) is 0 Å². The number of amides is 2. The van der Waals surface area contributed by atoms with Crippen molar-refractivity contribution in [3.05, 3.63) is 0 Å². The Bertz CT molecular complexity index is 432. The van der Waals surface area contributed by atoms with Gasteiger partial charge in [-0.15, -0.1) is 0 Å². The predicted molar refractivity (Wildman–Crippen MR) is 111 cm³/mol. The van der Waals surface area contributed by atoms with Gasteiger partial charge in [0.15, 0.2) is 0 Å². The van der Waals surface area contributed by atoms with Gasteiger partial charge in [-0.2, -0.15) is 0 Å². The first kappa shape index (κ1) is 23.8. The van der Waals surface area contributed by atoms with Crippen molar-refractivity contribution < 1.29 is 14.3 Å². The second-order valence-electron chi connectivity index (χ2n) is 8.88. The van der Waals surface area contributed by atoms with Crippen LogP contribution in [0.2, 0.25) is 0 Å². The molecule has 0 aliphatic carbocycles. The van der Waals surface area contributed by atoms with Gasteiger partial charge in [-0.05, 0) is 33.6 Å². The van der Waals surface area contributed by atoms with Gasteiger partial charge in [0, 0.05) is 19.6 Å². The van der Waals surface area contributed by atoms with E-state index in [1.165, 1.54) is 57.8 Å². The Hall–Kier alpha value is -1.26. The van der Waals surface area contributed by atoms with E-state index in [0.717, 1.165) is 19.4 Å². The number of likely N-dealkylation sites (tertiary alicyclic amines) is 1. The fourth-order valence-electron chi connectivity index (χ4n) is 3.43. The molecule has 0 spiro atoms. The molecule has 158 valence electrons. The predicted octanol–water partition coefficient (Wildman–Crippen LogP) is 5.28. The van der Waals surface area contributed by atoms with E-state index in [4.69, 9.17) is 4.74 Å². The first-order valence-corrected chi connectivity index (χ1v) is 11.1. The molecule has 2 amide bonds. The van der Waals surface area contributed by atoms with Crippen molar-refractivity contribution in [2.45, 2.75) is 104 Å². The van der Waals surface area contributed by atoms with Gasteiger partial charge < -0.3 is 15.0 Å². The topological polar surface area (TPSA) is 58.6 Å². The van der Waals surface area contributed by atoms with Crippen molar-refractivity contribution in [2.75, 3.05) is 19.6 Å². The van der Waals surface area contributed by atoms with Gasteiger partial charge >= 0.3 is 6.09 Å². The van der Waals surface area contributed by atoms with E-state index in [0.29, 0.717) is 13.1 Å². The fourth-order valence-corrected chi connectivity index (χ4v) is 3.43. The van der Waals surface area contributed by atoms with E-state index in [1.54, 1.807) is 4.90 Å². The quantitative estimate of drug-likeness (QED) is 0.467. The van der Waals surface area contributed by atoms with Gasteiger partial charge in [-0.25, -0.2) is 4.79 Å². The van der Waals surface area contributed by atoms with Crippen LogP contribution in [0.15, 0.2) is 0 Å². The molecule has 0 radical (unpaired) electrons.